The van der Waals surface area contributed by atoms with Crippen molar-refractivity contribution in [1.29, 1.82) is 0 Å². The summed E-state index contributed by atoms with van der Waals surface area (Å²) in [5, 5.41) is 11.5. The second-order valence-electron chi connectivity index (χ2n) is 12.0. The predicted molar refractivity (Wildman–Crippen MR) is 123 cm³/mol. The molecule has 4 aliphatic carbocycles. The number of Topliss-reactive ketones (excluding diaryl/α,β-unsaturated/α-hetero) is 1. The van der Waals surface area contributed by atoms with Gasteiger partial charge in [-0.15, -0.1) is 0 Å². The van der Waals surface area contributed by atoms with E-state index in [1.54, 1.807) is 27.7 Å². The third-order valence-corrected chi connectivity index (χ3v) is 9.77. The molecule has 1 saturated heterocycles. The van der Waals surface area contributed by atoms with Crippen molar-refractivity contribution in [3.8, 4) is 0 Å². The zero-order chi connectivity index (χ0) is 27.3. The molecule has 0 spiro atoms. The van der Waals surface area contributed by atoms with E-state index in [-0.39, 0.29) is 19.3 Å². The molecule has 10 heteroatoms. The molecule has 204 valence electrons. The highest BCUT2D eigenvalue weighted by atomic mass is 19.2. The molecule has 7 nitrogen and oxygen atoms in total. The first kappa shape index (κ1) is 26.6. The first-order chi connectivity index (χ1) is 17.1. The number of carbonyl (C=O) groups is 3. The van der Waals surface area contributed by atoms with Crippen LogP contribution in [-0.2, 0) is 28.6 Å². The lowest BCUT2D eigenvalue weighted by Crippen LogP contribution is -2.71. The maximum Gasteiger partial charge on any atom is 0.305 e. The fraction of sp³-hybridized carbons (Fsp3) is 0.741. The van der Waals surface area contributed by atoms with Crippen LogP contribution in [0.25, 0.3) is 0 Å². The molecule has 1 aliphatic heterocycles. The van der Waals surface area contributed by atoms with Crippen molar-refractivity contribution in [2.45, 2.75) is 95.7 Å². The van der Waals surface area contributed by atoms with Gasteiger partial charge in [0.2, 0.25) is 11.6 Å². The summed E-state index contributed by atoms with van der Waals surface area (Å²) in [6.07, 6.45) is -3.06. The molecule has 1 heterocycles. The summed E-state index contributed by atoms with van der Waals surface area (Å²) in [4.78, 5) is 37.5. The van der Waals surface area contributed by atoms with Crippen LogP contribution in [0.3, 0.4) is 0 Å². The molecule has 5 aliphatic rings. The number of rotatable bonds is 4. The van der Waals surface area contributed by atoms with Crippen molar-refractivity contribution in [2.24, 2.45) is 22.7 Å². The molecule has 0 radical (unpaired) electrons. The normalized spacial score (nSPS) is 47.7. The molecule has 0 aromatic rings. The quantitative estimate of drug-likeness (QED) is 0.559. The maximum absolute atomic E-state index is 17.4. The van der Waals surface area contributed by atoms with Crippen molar-refractivity contribution in [1.82, 2.24) is 0 Å². The molecule has 0 unspecified atom stereocenters. The number of carbonyl (C=O) groups excluding carboxylic acids is 3. The second-order valence-corrected chi connectivity index (χ2v) is 12.0. The highest BCUT2D eigenvalue weighted by molar-refractivity contribution is 6.04. The average molecular weight is 527 g/mol. The van der Waals surface area contributed by atoms with E-state index in [1.807, 2.05) is 0 Å². The number of ketones is 2. The second kappa shape index (κ2) is 7.99. The number of aliphatic hydroxyl groups excluding tert-OH is 1. The Labute approximate surface area is 213 Å². The van der Waals surface area contributed by atoms with E-state index in [1.165, 1.54) is 6.92 Å². The monoisotopic (exact) mass is 526 g/mol. The summed E-state index contributed by atoms with van der Waals surface area (Å²) in [6, 6.07) is 0. The third kappa shape index (κ3) is 3.15. The molecular formula is C27H33F3O7. The molecular weight excluding hydrogens is 493 g/mol. The number of hydrogen-bond donors (Lipinski definition) is 1. The summed E-state index contributed by atoms with van der Waals surface area (Å²) in [5.74, 6) is -6.52. The van der Waals surface area contributed by atoms with Crippen LogP contribution in [0.1, 0.15) is 60.3 Å². The number of halogens is 3. The average Bonchev–Trinajstić information content (AvgIpc) is 3.22. The van der Waals surface area contributed by atoms with Crippen molar-refractivity contribution < 1.29 is 46.9 Å². The zero-order valence-corrected chi connectivity index (χ0v) is 21.6. The molecule has 4 fully saturated rings. The first-order valence-electron chi connectivity index (χ1n) is 12.8. The number of hydrogen-bond acceptors (Lipinski definition) is 7. The molecule has 3 saturated carbocycles. The summed E-state index contributed by atoms with van der Waals surface area (Å²) in [7, 11) is 0. The topological polar surface area (TPSA) is 99.1 Å². The van der Waals surface area contributed by atoms with Crippen LogP contribution >= 0.6 is 0 Å². The van der Waals surface area contributed by atoms with Crippen molar-refractivity contribution in [2.75, 3.05) is 6.61 Å². The Bertz CT molecular complexity index is 1130. The summed E-state index contributed by atoms with van der Waals surface area (Å²) >= 11 is 0. The molecule has 0 aromatic heterocycles. The number of fused-ring (bicyclic) bond motifs is 7. The molecule has 0 aromatic carbocycles. The minimum atomic E-state index is -2.52. The van der Waals surface area contributed by atoms with Gasteiger partial charge in [-0.05, 0) is 52.0 Å². The SMILES string of the molecule is CCC(=O)OCC(=O)[C@@]12OC(C)(C)O[C@@H]1C[C@H]1[C@@H]3C[C@H](F)C4=C(F)C(=O)C=C[C@]4(C)[C@@]3(F)[C@@H](O)C[C@@]12C. The van der Waals surface area contributed by atoms with E-state index in [9.17, 15) is 23.9 Å². The van der Waals surface area contributed by atoms with Gasteiger partial charge in [-0.3, -0.25) is 14.4 Å². The zero-order valence-electron chi connectivity index (χ0n) is 21.6. The van der Waals surface area contributed by atoms with E-state index < -0.39 is 100 Å². The summed E-state index contributed by atoms with van der Waals surface area (Å²) in [5.41, 5.74) is -7.89. The lowest BCUT2D eigenvalue weighted by atomic mass is 9.44. The number of allylic oxidation sites excluding steroid dienone is 4. The Hall–Kier alpha value is -2.04. The Morgan fingerprint density at radius 3 is 2.51 bits per heavy atom. The lowest BCUT2D eigenvalue weighted by molar-refractivity contribution is -0.249. The first-order valence-corrected chi connectivity index (χ1v) is 12.8. The Morgan fingerprint density at radius 1 is 1.19 bits per heavy atom. The van der Waals surface area contributed by atoms with Crippen LogP contribution in [-0.4, -0.2) is 64.7 Å². The fourth-order valence-corrected chi connectivity index (χ4v) is 8.25. The van der Waals surface area contributed by atoms with Crippen LogP contribution in [0.15, 0.2) is 23.6 Å². The van der Waals surface area contributed by atoms with Gasteiger partial charge in [0, 0.05) is 28.7 Å². The van der Waals surface area contributed by atoms with Gasteiger partial charge in [0.25, 0.3) is 0 Å². The fourth-order valence-electron chi connectivity index (χ4n) is 8.25. The minimum Gasteiger partial charge on any atom is -0.458 e. The van der Waals surface area contributed by atoms with Crippen LogP contribution in [0.2, 0.25) is 0 Å². The Morgan fingerprint density at radius 2 is 1.86 bits per heavy atom. The number of esters is 1. The largest absolute Gasteiger partial charge is 0.458 e. The van der Waals surface area contributed by atoms with Crippen molar-refractivity contribution in [3.63, 3.8) is 0 Å². The Kier molecular flexibility index (Phi) is 5.73. The van der Waals surface area contributed by atoms with Crippen molar-refractivity contribution >= 4 is 17.5 Å². The summed E-state index contributed by atoms with van der Waals surface area (Å²) < 4.78 is 65.4. The van der Waals surface area contributed by atoms with Crippen LogP contribution in [0.5, 0.6) is 0 Å². The minimum absolute atomic E-state index is 0.0660. The van der Waals surface area contributed by atoms with Crippen LogP contribution < -0.4 is 0 Å². The number of alkyl halides is 2. The van der Waals surface area contributed by atoms with Crippen molar-refractivity contribution in [3.05, 3.63) is 23.6 Å². The standard InChI is InChI=1S/C27H33F3O7/c1-6-20(34)35-12-18(33)27-19(36-23(2,3)37-27)10-13-14-9-15(28)21-22(29)16(31)7-8-24(21,4)26(14,30)17(32)11-25(13,27)5/h7-8,13-15,17,19,32H,6,9-12H2,1-5H3/t13-,14-,15-,17-,19+,24-,25-,26-,27+/m0/s1. The number of aliphatic hydroxyl groups is 1. The van der Waals surface area contributed by atoms with Gasteiger partial charge in [-0.2, -0.15) is 0 Å². The molecule has 9 atom stereocenters. The van der Waals surface area contributed by atoms with Gasteiger partial charge >= 0.3 is 5.97 Å². The van der Waals surface area contributed by atoms with Gasteiger partial charge in [0.15, 0.2) is 29.5 Å². The molecule has 37 heavy (non-hydrogen) atoms. The van der Waals surface area contributed by atoms with Gasteiger partial charge in [0.05, 0.1) is 12.2 Å². The van der Waals surface area contributed by atoms with E-state index in [2.05, 4.69) is 0 Å². The molecule has 5 rings (SSSR count). The van der Waals surface area contributed by atoms with Crippen LogP contribution in [0.4, 0.5) is 13.2 Å². The maximum atomic E-state index is 17.4. The number of ether oxygens (including phenoxy) is 3. The molecule has 0 bridgehead atoms. The predicted octanol–water partition coefficient (Wildman–Crippen LogP) is 3.62. The van der Waals surface area contributed by atoms with Gasteiger partial charge in [0.1, 0.15) is 6.17 Å². The highest BCUT2D eigenvalue weighted by Crippen LogP contribution is 2.72. The van der Waals surface area contributed by atoms with Gasteiger partial charge in [-0.25, -0.2) is 13.2 Å². The van der Waals surface area contributed by atoms with E-state index in [0.717, 1.165) is 12.2 Å². The molecule has 1 N–H and O–H groups in total. The van der Waals surface area contributed by atoms with E-state index in [4.69, 9.17) is 14.2 Å². The highest BCUT2D eigenvalue weighted by Gasteiger charge is 2.81. The van der Waals surface area contributed by atoms with E-state index in [0.29, 0.717) is 0 Å². The van der Waals surface area contributed by atoms with Gasteiger partial charge < -0.3 is 19.3 Å². The summed E-state index contributed by atoms with van der Waals surface area (Å²) in [6.45, 7) is 7.29. The van der Waals surface area contributed by atoms with E-state index >= 15 is 8.78 Å². The smallest absolute Gasteiger partial charge is 0.305 e. The Balaban J connectivity index is 1.61. The van der Waals surface area contributed by atoms with Crippen LogP contribution in [0, 0.1) is 22.7 Å². The van der Waals surface area contributed by atoms with Gasteiger partial charge in [-0.1, -0.05) is 19.9 Å². The third-order valence-electron chi connectivity index (χ3n) is 9.77. The molecule has 0 amide bonds. The lowest BCUT2D eigenvalue weighted by Gasteiger charge is -2.63.